The maximum atomic E-state index is 14.7. The molecule has 1 saturated carbocycles. The van der Waals surface area contributed by atoms with E-state index >= 15 is 0 Å². The molecule has 0 radical (unpaired) electrons. The van der Waals surface area contributed by atoms with Gasteiger partial charge in [0.2, 0.25) is 17.7 Å². The molecule has 0 aromatic rings. The quantitative estimate of drug-likeness (QED) is 0.310. The minimum atomic E-state index is -5.27. The highest BCUT2D eigenvalue weighted by Crippen LogP contribution is 2.38. The molecule has 2 saturated heterocycles. The Morgan fingerprint density at radius 2 is 1.90 bits per heavy atom. The Balaban J connectivity index is 1.89. The van der Waals surface area contributed by atoms with E-state index in [2.05, 4.69) is 10.6 Å². The normalized spacial score (nSPS) is 26.0. The van der Waals surface area contributed by atoms with E-state index in [9.17, 15) is 46.4 Å². The highest BCUT2D eigenvalue weighted by molar-refractivity contribution is 5.95. The predicted molar refractivity (Wildman–Crippen MR) is 127 cm³/mol. The first-order valence-corrected chi connectivity index (χ1v) is 13.0. The largest absolute Gasteiger partial charge is 0.471 e. The first kappa shape index (κ1) is 30.3. The van der Waals surface area contributed by atoms with Crippen molar-refractivity contribution >= 4 is 23.6 Å². The molecule has 4 amide bonds. The second-order valence-electron chi connectivity index (χ2n) is 10.3. The van der Waals surface area contributed by atoms with Gasteiger partial charge in [-0.25, -0.2) is 8.78 Å². The molecule has 1 aliphatic carbocycles. The molecule has 216 valence electrons. The van der Waals surface area contributed by atoms with Gasteiger partial charge in [0.05, 0.1) is 6.07 Å². The van der Waals surface area contributed by atoms with E-state index in [0.717, 1.165) is 11.3 Å². The lowest BCUT2D eigenvalue weighted by molar-refractivity contribution is -0.177. The smallest absolute Gasteiger partial charge is 0.352 e. The van der Waals surface area contributed by atoms with E-state index in [1.54, 1.807) is 11.4 Å². The van der Waals surface area contributed by atoms with Gasteiger partial charge in [-0.3, -0.25) is 19.2 Å². The lowest BCUT2D eigenvalue weighted by Crippen LogP contribution is -2.64. The van der Waals surface area contributed by atoms with E-state index in [1.807, 2.05) is 0 Å². The number of nitriles is 1. The zero-order valence-electron chi connectivity index (χ0n) is 21.5. The SMILES string of the molecule is CC[C@H]1CC(F)(F)C[C@@H](C(=O)N[C@H](C#N)/C=C2\CCCNC2=O)N1C(=O)[C@@H](CC1CCC1)NC(=O)C(F)(F)F. The van der Waals surface area contributed by atoms with Gasteiger partial charge in [0, 0.05) is 31.0 Å². The lowest BCUT2D eigenvalue weighted by Gasteiger charge is -2.46. The molecule has 9 nitrogen and oxygen atoms in total. The highest BCUT2D eigenvalue weighted by atomic mass is 19.4. The van der Waals surface area contributed by atoms with Crippen molar-refractivity contribution in [3.8, 4) is 6.07 Å². The zero-order valence-corrected chi connectivity index (χ0v) is 21.5. The van der Waals surface area contributed by atoms with Gasteiger partial charge in [-0.05, 0) is 37.7 Å². The average Bonchev–Trinajstić information content (AvgIpc) is 2.83. The fourth-order valence-corrected chi connectivity index (χ4v) is 5.19. The summed E-state index contributed by atoms with van der Waals surface area (Å²) >= 11 is 0. The van der Waals surface area contributed by atoms with Crippen molar-refractivity contribution in [3.63, 3.8) is 0 Å². The number of piperidine rings is 2. The number of likely N-dealkylation sites (tertiary alicyclic amines) is 1. The summed E-state index contributed by atoms with van der Waals surface area (Å²) in [6.07, 6.45) is -3.12. The third-order valence-corrected chi connectivity index (χ3v) is 7.44. The number of carbonyl (C=O) groups excluding carboxylic acids is 4. The standard InChI is InChI=1S/C25H32F5N5O4/c1-2-17-11-24(26,27)12-19(21(37)33-16(13-31)10-15-7-4-8-32-20(15)36)35(17)22(38)18(9-14-5-3-6-14)34-23(39)25(28,29)30/h10,14,16-19H,2-9,11-12H2,1H3,(H,32,36)(H,33,37)(H,34,39)/b15-10+/t16-,17-,18+,19-/m0/s1. The molecular formula is C25H32F5N5O4. The molecule has 39 heavy (non-hydrogen) atoms. The van der Waals surface area contributed by atoms with E-state index in [0.29, 0.717) is 32.2 Å². The molecule has 0 aromatic carbocycles. The summed E-state index contributed by atoms with van der Waals surface area (Å²) in [6, 6.07) is -4.28. The van der Waals surface area contributed by atoms with Gasteiger partial charge in [-0.2, -0.15) is 18.4 Å². The third kappa shape index (κ3) is 7.67. The van der Waals surface area contributed by atoms with E-state index in [-0.39, 0.29) is 24.3 Å². The van der Waals surface area contributed by atoms with Crippen LogP contribution in [-0.4, -0.2) is 71.3 Å². The number of hydrogen-bond acceptors (Lipinski definition) is 5. The molecule has 14 heteroatoms. The second kappa shape index (κ2) is 12.3. The fraction of sp³-hybridized carbons (Fsp3) is 0.720. The Bertz CT molecular complexity index is 1040. The molecule has 3 aliphatic rings. The van der Waals surface area contributed by atoms with Crippen LogP contribution in [0.3, 0.4) is 0 Å². The average molecular weight is 562 g/mol. The summed E-state index contributed by atoms with van der Waals surface area (Å²) in [5.74, 6) is -8.43. The number of hydrogen-bond donors (Lipinski definition) is 3. The summed E-state index contributed by atoms with van der Waals surface area (Å²) in [4.78, 5) is 51.5. The van der Waals surface area contributed by atoms with Crippen LogP contribution in [0, 0.1) is 17.2 Å². The number of halogens is 5. The molecule has 0 unspecified atom stereocenters. The minimum absolute atomic E-state index is 0.0274. The molecule has 3 fully saturated rings. The Hall–Kier alpha value is -3.24. The summed E-state index contributed by atoms with van der Waals surface area (Å²) < 4.78 is 68.5. The van der Waals surface area contributed by atoms with Crippen LogP contribution in [0.15, 0.2) is 11.6 Å². The van der Waals surface area contributed by atoms with Crippen molar-refractivity contribution in [1.82, 2.24) is 20.9 Å². The van der Waals surface area contributed by atoms with Crippen molar-refractivity contribution in [3.05, 3.63) is 11.6 Å². The molecule has 3 N–H and O–H groups in total. The second-order valence-corrected chi connectivity index (χ2v) is 10.3. The Kier molecular flexibility index (Phi) is 9.55. The van der Waals surface area contributed by atoms with E-state index in [1.165, 1.54) is 13.0 Å². The highest BCUT2D eigenvalue weighted by Gasteiger charge is 2.52. The van der Waals surface area contributed by atoms with Gasteiger partial charge >= 0.3 is 12.1 Å². The number of nitrogens with one attached hydrogen (secondary N) is 3. The monoisotopic (exact) mass is 561 g/mol. The van der Waals surface area contributed by atoms with Crippen molar-refractivity contribution < 1.29 is 41.1 Å². The summed E-state index contributed by atoms with van der Waals surface area (Å²) in [6.45, 7) is 1.94. The molecule has 3 rings (SSSR count). The van der Waals surface area contributed by atoms with Crippen LogP contribution in [-0.2, 0) is 19.2 Å². The van der Waals surface area contributed by atoms with Crippen molar-refractivity contribution in [2.24, 2.45) is 5.92 Å². The predicted octanol–water partition coefficient (Wildman–Crippen LogP) is 2.47. The molecular weight excluding hydrogens is 529 g/mol. The molecule has 0 aromatic heterocycles. The van der Waals surface area contributed by atoms with Gasteiger partial charge in [0.15, 0.2) is 0 Å². The van der Waals surface area contributed by atoms with Gasteiger partial charge in [0.25, 0.3) is 5.92 Å². The summed E-state index contributed by atoms with van der Waals surface area (Å²) in [5, 5.41) is 16.1. The number of rotatable bonds is 8. The van der Waals surface area contributed by atoms with Crippen molar-refractivity contribution in [2.45, 2.75) is 101 Å². The van der Waals surface area contributed by atoms with Crippen LogP contribution >= 0.6 is 0 Å². The molecule has 4 atom stereocenters. The Labute approximate surface area is 222 Å². The molecule has 2 aliphatic heterocycles. The van der Waals surface area contributed by atoms with Crippen molar-refractivity contribution in [2.75, 3.05) is 6.54 Å². The van der Waals surface area contributed by atoms with Crippen LogP contribution in [0.2, 0.25) is 0 Å². The van der Waals surface area contributed by atoms with Crippen molar-refractivity contribution in [1.29, 1.82) is 5.26 Å². The molecule has 0 spiro atoms. The number of carbonyl (C=O) groups is 4. The number of nitrogens with zero attached hydrogens (tertiary/aromatic N) is 2. The van der Waals surface area contributed by atoms with Crippen LogP contribution in [0.4, 0.5) is 22.0 Å². The van der Waals surface area contributed by atoms with Crippen LogP contribution in [0.5, 0.6) is 0 Å². The van der Waals surface area contributed by atoms with Gasteiger partial charge in [-0.1, -0.05) is 26.2 Å². The third-order valence-electron chi connectivity index (χ3n) is 7.44. The Morgan fingerprint density at radius 3 is 2.44 bits per heavy atom. The minimum Gasteiger partial charge on any atom is -0.352 e. The fourth-order valence-electron chi connectivity index (χ4n) is 5.19. The van der Waals surface area contributed by atoms with Gasteiger partial charge in [-0.15, -0.1) is 0 Å². The van der Waals surface area contributed by atoms with E-state index < -0.39 is 72.7 Å². The number of alkyl halides is 5. The van der Waals surface area contributed by atoms with Crippen LogP contribution < -0.4 is 16.0 Å². The molecule has 0 bridgehead atoms. The Morgan fingerprint density at radius 1 is 1.21 bits per heavy atom. The van der Waals surface area contributed by atoms with Crippen LogP contribution in [0.25, 0.3) is 0 Å². The summed E-state index contributed by atoms with van der Waals surface area (Å²) in [5.41, 5.74) is 0.233. The van der Waals surface area contributed by atoms with Gasteiger partial charge < -0.3 is 20.9 Å². The van der Waals surface area contributed by atoms with E-state index in [4.69, 9.17) is 0 Å². The maximum absolute atomic E-state index is 14.7. The first-order valence-electron chi connectivity index (χ1n) is 13.0. The molecule has 2 heterocycles. The first-order chi connectivity index (χ1) is 18.3. The van der Waals surface area contributed by atoms with Gasteiger partial charge in [0.1, 0.15) is 18.1 Å². The van der Waals surface area contributed by atoms with Crippen LogP contribution in [0.1, 0.15) is 64.7 Å². The topological polar surface area (TPSA) is 131 Å². The maximum Gasteiger partial charge on any atom is 0.471 e. The number of amides is 4. The zero-order chi connectivity index (χ0) is 29.0. The lowest BCUT2D eigenvalue weighted by atomic mass is 9.80. The summed E-state index contributed by atoms with van der Waals surface area (Å²) in [7, 11) is 0.